The fourth-order valence-corrected chi connectivity index (χ4v) is 10.4. The zero-order chi connectivity index (χ0) is 46.9. The molecule has 4 heterocycles. The minimum atomic E-state index is -0.943. The maximum Gasteiger partial charge on any atom is 0.407 e. The van der Waals surface area contributed by atoms with Crippen molar-refractivity contribution in [3.05, 3.63) is 114 Å². The fraction of sp³-hybridized carbons (Fsp3) is 0.385. The van der Waals surface area contributed by atoms with Crippen molar-refractivity contribution in [1.29, 1.82) is 0 Å². The van der Waals surface area contributed by atoms with E-state index in [-0.39, 0.29) is 41.8 Å². The summed E-state index contributed by atoms with van der Waals surface area (Å²) in [6.07, 6.45) is 2.05. The molecule has 15 nitrogen and oxygen atoms in total. The van der Waals surface area contributed by atoms with Crippen molar-refractivity contribution in [3.8, 4) is 11.1 Å². The minimum Gasteiger partial charge on any atom is -0.453 e. The molecule has 9 rings (SSSR count). The van der Waals surface area contributed by atoms with Crippen molar-refractivity contribution in [2.24, 2.45) is 17.8 Å². The number of likely N-dealkylation sites (tertiary alicyclic amines) is 2. The van der Waals surface area contributed by atoms with Gasteiger partial charge >= 0.3 is 12.2 Å². The van der Waals surface area contributed by atoms with Crippen molar-refractivity contribution < 1.29 is 42.7 Å². The number of aromatic amines is 1. The predicted octanol–water partition coefficient (Wildman–Crippen LogP) is 7.32. The van der Waals surface area contributed by atoms with Crippen LogP contribution in [-0.4, -0.2) is 122 Å². The molecule has 3 N–H and O–H groups in total. The molecule has 6 atom stereocenters. The first-order chi connectivity index (χ1) is 32.5. The number of H-pyrrole nitrogens is 1. The molecule has 3 aliphatic heterocycles. The molecule has 15 heteroatoms. The maximum absolute atomic E-state index is 14.4. The number of hydrogen-bond donors (Lipinski definition) is 3. The van der Waals surface area contributed by atoms with Crippen molar-refractivity contribution in [2.45, 2.75) is 57.5 Å². The molecular weight excluding hydrogens is 851 g/mol. The summed E-state index contributed by atoms with van der Waals surface area (Å²) in [4.78, 5) is 65.7. The topological polar surface area (TPSA) is 167 Å². The molecule has 348 valence electrons. The lowest BCUT2D eigenvalue weighted by atomic mass is 9.95. The fourth-order valence-electron chi connectivity index (χ4n) is 10.4. The van der Waals surface area contributed by atoms with E-state index in [9.17, 15) is 19.2 Å². The highest BCUT2D eigenvalue weighted by molar-refractivity contribution is 6.06. The minimum absolute atomic E-state index is 0.0733. The molecule has 0 spiro atoms. The van der Waals surface area contributed by atoms with Crippen LogP contribution in [0.15, 0.2) is 91.0 Å². The van der Waals surface area contributed by atoms with Gasteiger partial charge in [-0.3, -0.25) is 14.5 Å². The first-order valence-corrected chi connectivity index (χ1v) is 22.9. The van der Waals surface area contributed by atoms with E-state index in [1.54, 1.807) is 19.1 Å². The second-order valence-electron chi connectivity index (χ2n) is 18.3. The summed E-state index contributed by atoms with van der Waals surface area (Å²) in [5.41, 5.74) is 6.83. The summed E-state index contributed by atoms with van der Waals surface area (Å²) in [5.74, 6) is 0.407. The Balaban J connectivity index is 0.968. The van der Waals surface area contributed by atoms with Crippen LogP contribution < -0.4 is 10.6 Å². The summed E-state index contributed by atoms with van der Waals surface area (Å²) in [6, 6.07) is 28.7. The highest BCUT2D eigenvalue weighted by Gasteiger charge is 2.46. The first-order valence-electron chi connectivity index (χ1n) is 22.9. The number of carbonyl (C=O) groups excluding carboxylic acids is 4. The van der Waals surface area contributed by atoms with E-state index in [4.69, 9.17) is 23.9 Å². The van der Waals surface area contributed by atoms with Gasteiger partial charge in [-0.2, -0.15) is 0 Å². The van der Waals surface area contributed by atoms with Crippen LogP contribution >= 0.6 is 0 Å². The second-order valence-corrected chi connectivity index (χ2v) is 18.3. The lowest BCUT2D eigenvalue weighted by Crippen LogP contribution is -2.54. The summed E-state index contributed by atoms with van der Waals surface area (Å²) < 4.78 is 23.1. The van der Waals surface area contributed by atoms with E-state index in [1.165, 1.54) is 19.8 Å². The van der Waals surface area contributed by atoms with Crippen molar-refractivity contribution in [3.63, 3.8) is 0 Å². The quantitative estimate of drug-likeness (QED) is 0.101. The van der Waals surface area contributed by atoms with Gasteiger partial charge < -0.3 is 39.5 Å². The van der Waals surface area contributed by atoms with E-state index in [1.807, 2.05) is 55.1 Å². The van der Waals surface area contributed by atoms with Crippen LogP contribution in [0.2, 0.25) is 0 Å². The number of nitrogens with zero attached hydrogens (tertiary/aromatic N) is 4. The molecule has 0 aliphatic carbocycles. The molecule has 2 saturated heterocycles. The second kappa shape index (κ2) is 19.2. The van der Waals surface area contributed by atoms with E-state index >= 15 is 0 Å². The number of imidazole rings is 1. The normalized spacial score (nSPS) is 20.0. The van der Waals surface area contributed by atoms with Gasteiger partial charge in [-0.05, 0) is 69.5 Å². The number of nitrogens with one attached hydrogen (secondary N) is 3. The van der Waals surface area contributed by atoms with Crippen LogP contribution in [0.1, 0.15) is 61.3 Å². The Morgan fingerprint density at radius 2 is 1.39 bits per heavy atom. The summed E-state index contributed by atoms with van der Waals surface area (Å²) >= 11 is 0. The van der Waals surface area contributed by atoms with Gasteiger partial charge in [0.2, 0.25) is 6.17 Å². The van der Waals surface area contributed by atoms with Crippen LogP contribution in [0, 0.1) is 17.8 Å². The Labute approximate surface area is 389 Å². The van der Waals surface area contributed by atoms with Gasteiger partial charge in [0, 0.05) is 62.1 Å². The standard InChI is InChI=1S/C52H57N7O8/c1-30(2)45(55-51(62)66-5)49(60)59-25-32(29-65-4)21-44(59)57-26-38-13-12-36-22-34(14-17-39(36)41(38)27-57)35-15-18-40-37(23-35)16-19-42-47(40)54-48(53-42)43-20-31(28-64-3)24-58(43)50(61)46(56-52(63)67-6)33-10-8-7-9-11-33/h7-19,22-23,26,30-32,43-46H,20-21,24-25,27-29H2,1-6H3,(H2,55,56,62,63)/p+1/t31-,32-,43-,44-,45-,46+/m0/s1. The highest BCUT2D eigenvalue weighted by atomic mass is 16.5. The number of hydrogen-bond acceptors (Lipinski definition) is 9. The van der Waals surface area contributed by atoms with E-state index in [0.29, 0.717) is 50.7 Å². The molecule has 67 heavy (non-hydrogen) atoms. The van der Waals surface area contributed by atoms with E-state index in [0.717, 1.165) is 55.7 Å². The van der Waals surface area contributed by atoms with Gasteiger partial charge in [0.25, 0.3) is 11.8 Å². The number of alkyl carbamates (subject to hydrolysis) is 2. The Morgan fingerprint density at radius 3 is 2.07 bits per heavy atom. The van der Waals surface area contributed by atoms with Crippen LogP contribution in [0.25, 0.3) is 43.7 Å². The molecule has 3 aliphatic rings. The first kappa shape index (κ1) is 45.3. The van der Waals surface area contributed by atoms with Crippen molar-refractivity contribution >= 4 is 62.8 Å². The molecule has 2 fully saturated rings. The molecule has 0 saturated carbocycles. The molecule has 1 aromatic heterocycles. The Morgan fingerprint density at radius 1 is 0.746 bits per heavy atom. The smallest absolute Gasteiger partial charge is 0.407 e. The predicted molar refractivity (Wildman–Crippen MR) is 254 cm³/mol. The number of fused-ring (bicyclic) bond motifs is 6. The number of ether oxygens (including phenoxy) is 4. The Kier molecular flexibility index (Phi) is 13.0. The molecule has 0 radical (unpaired) electrons. The summed E-state index contributed by atoms with van der Waals surface area (Å²) in [6.45, 7) is 6.50. The largest absolute Gasteiger partial charge is 0.453 e. The average Bonchev–Trinajstić information content (AvgIpc) is 4.17. The lowest BCUT2D eigenvalue weighted by Gasteiger charge is -2.28. The van der Waals surface area contributed by atoms with Gasteiger partial charge in [0.05, 0.1) is 44.5 Å². The van der Waals surface area contributed by atoms with Crippen LogP contribution in [0.4, 0.5) is 9.59 Å². The zero-order valence-corrected chi connectivity index (χ0v) is 38.8. The Bertz CT molecular complexity index is 2880. The SMILES string of the molecule is COC[C@H]1C[C@@H]([N+]2=Cc3ccc4cc(-c5ccc6c(ccc7[nH]c([C@@H]8C[C@H](COC)CN8C(=O)[C@H](NC(=O)OC)c8ccccc8)nc76)c5)ccc4c3C2)N(C(=O)[C@@H](NC(=O)OC)C(C)C)C1. The number of rotatable bonds is 13. The molecular formula is C52H58N7O8+. The van der Waals surface area contributed by atoms with Gasteiger partial charge in [0.1, 0.15) is 17.9 Å². The number of aromatic nitrogens is 2. The molecule has 6 aromatic rings. The average molecular weight is 909 g/mol. The van der Waals surface area contributed by atoms with Crippen LogP contribution in [0.3, 0.4) is 0 Å². The van der Waals surface area contributed by atoms with Crippen molar-refractivity contribution in [1.82, 2.24) is 30.4 Å². The Hall–Kier alpha value is -6.84. The summed E-state index contributed by atoms with van der Waals surface area (Å²) in [7, 11) is 5.94. The third-order valence-electron chi connectivity index (χ3n) is 13.7. The lowest BCUT2D eigenvalue weighted by molar-refractivity contribution is -0.590. The van der Waals surface area contributed by atoms with Gasteiger partial charge in [0.15, 0.2) is 12.8 Å². The van der Waals surface area contributed by atoms with E-state index < -0.39 is 24.3 Å². The molecule has 4 amide bonds. The molecule has 0 bridgehead atoms. The zero-order valence-electron chi connectivity index (χ0n) is 38.8. The number of methoxy groups -OCH3 is 4. The highest BCUT2D eigenvalue weighted by Crippen LogP contribution is 2.39. The maximum atomic E-state index is 14.4. The van der Waals surface area contributed by atoms with Gasteiger partial charge in [-0.15, -0.1) is 0 Å². The van der Waals surface area contributed by atoms with Gasteiger partial charge in [-0.1, -0.05) is 80.6 Å². The third kappa shape index (κ3) is 8.93. The number of carbonyl (C=O) groups is 4. The van der Waals surface area contributed by atoms with Crippen molar-refractivity contribution in [2.75, 3.05) is 54.7 Å². The van der Waals surface area contributed by atoms with Crippen LogP contribution in [0.5, 0.6) is 0 Å². The van der Waals surface area contributed by atoms with Gasteiger partial charge in [-0.25, -0.2) is 19.1 Å². The van der Waals surface area contributed by atoms with E-state index in [2.05, 4.69) is 81.0 Å². The third-order valence-corrected chi connectivity index (χ3v) is 13.7. The monoisotopic (exact) mass is 908 g/mol. The molecule has 5 aromatic carbocycles. The summed E-state index contributed by atoms with van der Waals surface area (Å²) in [5, 5.41) is 9.83. The number of benzene rings is 5. The number of amides is 4. The van der Waals surface area contributed by atoms with Crippen LogP contribution in [-0.2, 0) is 35.1 Å². The molecule has 0 unspecified atom stereocenters.